The Kier molecular flexibility index (Phi) is 9.01. The van der Waals surface area contributed by atoms with E-state index in [1.165, 1.54) is 6.21 Å². The molecule has 2 atom stereocenters. The summed E-state index contributed by atoms with van der Waals surface area (Å²) in [5.41, 5.74) is 4.82. The Bertz CT molecular complexity index is 748. The Morgan fingerprint density at radius 3 is 2.10 bits per heavy atom. The van der Waals surface area contributed by atoms with E-state index in [2.05, 4.69) is 10.3 Å². The Morgan fingerprint density at radius 1 is 1.03 bits per heavy atom. The van der Waals surface area contributed by atoms with Crippen LogP contribution in [-0.2, 0) is 25.5 Å². The molecule has 3 N–H and O–H groups in total. The minimum absolute atomic E-state index is 0.296. The highest BCUT2D eigenvalue weighted by atomic mass is 16.6. The van der Waals surface area contributed by atoms with Crippen LogP contribution < -0.4 is 11.1 Å². The summed E-state index contributed by atoms with van der Waals surface area (Å²) in [6.45, 7) is 10.4. The maximum Gasteiger partial charge on any atom is 0.408 e. The molecule has 0 bridgehead atoms. The fourth-order valence-electron chi connectivity index (χ4n) is 2.43. The van der Waals surface area contributed by atoms with Crippen molar-refractivity contribution < 1.29 is 23.9 Å². The van der Waals surface area contributed by atoms with Gasteiger partial charge in [0.15, 0.2) is 6.04 Å². The number of alkyl carbamates (subject to hydrolysis) is 1. The van der Waals surface area contributed by atoms with Gasteiger partial charge < -0.3 is 20.5 Å². The monoisotopic (exact) mass is 419 g/mol. The SMILES string of the molecule is CC(C)(C)OC(=O)N[C@H](C=N[C@@H](CC(N)=O)C(=O)OC(C)(C)C)Cc1ccccc1. The summed E-state index contributed by atoms with van der Waals surface area (Å²) < 4.78 is 10.6. The normalized spacial score (nSPS) is 14.1. The van der Waals surface area contributed by atoms with Gasteiger partial charge in [-0.2, -0.15) is 0 Å². The molecular weight excluding hydrogens is 386 g/mol. The van der Waals surface area contributed by atoms with Gasteiger partial charge in [0.1, 0.15) is 11.2 Å². The lowest BCUT2D eigenvalue weighted by Gasteiger charge is -2.23. The predicted molar refractivity (Wildman–Crippen MR) is 115 cm³/mol. The molecule has 0 aliphatic heterocycles. The number of amides is 2. The van der Waals surface area contributed by atoms with Crippen LogP contribution in [0.25, 0.3) is 0 Å². The molecule has 8 heteroatoms. The third-order valence-electron chi connectivity index (χ3n) is 3.52. The molecule has 0 unspecified atom stereocenters. The maximum atomic E-state index is 12.4. The summed E-state index contributed by atoms with van der Waals surface area (Å²) in [6, 6.07) is 7.81. The molecule has 0 heterocycles. The molecule has 1 aromatic rings. The van der Waals surface area contributed by atoms with E-state index in [-0.39, 0.29) is 6.42 Å². The largest absolute Gasteiger partial charge is 0.458 e. The van der Waals surface area contributed by atoms with Crippen molar-refractivity contribution in [2.45, 2.75) is 77.7 Å². The first-order chi connectivity index (χ1) is 13.7. The van der Waals surface area contributed by atoms with Gasteiger partial charge in [0.2, 0.25) is 5.91 Å². The van der Waals surface area contributed by atoms with Gasteiger partial charge in [-0.05, 0) is 53.5 Å². The Labute approximate surface area is 178 Å². The molecule has 1 aromatic carbocycles. The second kappa shape index (κ2) is 10.8. The van der Waals surface area contributed by atoms with Crippen LogP contribution in [-0.4, -0.2) is 47.5 Å². The molecule has 0 aromatic heterocycles. The van der Waals surface area contributed by atoms with E-state index in [4.69, 9.17) is 15.2 Å². The summed E-state index contributed by atoms with van der Waals surface area (Å²) in [4.78, 5) is 40.3. The first kappa shape index (κ1) is 25.1. The third kappa shape index (κ3) is 11.2. The Morgan fingerprint density at radius 2 is 1.60 bits per heavy atom. The van der Waals surface area contributed by atoms with Gasteiger partial charge in [-0.25, -0.2) is 9.59 Å². The Balaban J connectivity index is 3.03. The van der Waals surface area contributed by atoms with Crippen molar-refractivity contribution in [3.63, 3.8) is 0 Å². The molecule has 2 amide bonds. The number of nitrogens with two attached hydrogens (primary N) is 1. The first-order valence-electron chi connectivity index (χ1n) is 9.83. The average Bonchev–Trinajstić information content (AvgIpc) is 2.55. The molecular formula is C22H33N3O5. The highest BCUT2D eigenvalue weighted by molar-refractivity contribution is 5.86. The lowest BCUT2D eigenvalue weighted by molar-refractivity contribution is -0.157. The van der Waals surface area contributed by atoms with Crippen molar-refractivity contribution in [2.24, 2.45) is 10.7 Å². The second-order valence-corrected chi connectivity index (χ2v) is 8.96. The molecule has 0 saturated carbocycles. The molecule has 0 fully saturated rings. The molecule has 0 aliphatic carbocycles. The van der Waals surface area contributed by atoms with Gasteiger partial charge >= 0.3 is 12.1 Å². The number of nitrogens with zero attached hydrogens (tertiary/aromatic N) is 1. The fraction of sp³-hybridized carbons (Fsp3) is 0.545. The maximum absolute atomic E-state index is 12.4. The number of benzene rings is 1. The number of ether oxygens (including phenoxy) is 2. The number of carbonyl (C=O) groups is 3. The smallest absolute Gasteiger partial charge is 0.408 e. The van der Waals surface area contributed by atoms with E-state index in [0.717, 1.165) is 5.56 Å². The van der Waals surface area contributed by atoms with Gasteiger partial charge in [-0.3, -0.25) is 9.79 Å². The summed E-state index contributed by atoms with van der Waals surface area (Å²) in [7, 11) is 0. The lowest BCUT2D eigenvalue weighted by atomic mass is 10.1. The fourth-order valence-corrected chi connectivity index (χ4v) is 2.43. The van der Waals surface area contributed by atoms with Gasteiger partial charge in [0.25, 0.3) is 0 Å². The van der Waals surface area contributed by atoms with Crippen molar-refractivity contribution in [1.29, 1.82) is 0 Å². The second-order valence-electron chi connectivity index (χ2n) is 8.96. The van der Waals surface area contributed by atoms with Crippen LogP contribution >= 0.6 is 0 Å². The van der Waals surface area contributed by atoms with E-state index < -0.39 is 41.3 Å². The number of aliphatic imine (C=N–C) groups is 1. The number of esters is 1. The van der Waals surface area contributed by atoms with Crippen molar-refractivity contribution in [3.8, 4) is 0 Å². The van der Waals surface area contributed by atoms with Gasteiger partial charge in [0.05, 0.1) is 12.5 Å². The number of primary amides is 1. The van der Waals surface area contributed by atoms with Gasteiger partial charge in [0, 0.05) is 6.21 Å². The minimum Gasteiger partial charge on any atom is -0.458 e. The van der Waals surface area contributed by atoms with Crippen LogP contribution in [0.2, 0.25) is 0 Å². The van der Waals surface area contributed by atoms with Crippen LogP contribution in [0.15, 0.2) is 35.3 Å². The zero-order valence-electron chi connectivity index (χ0n) is 18.6. The number of carbonyl (C=O) groups excluding carboxylic acids is 3. The van der Waals surface area contributed by atoms with E-state index in [1.54, 1.807) is 41.5 Å². The van der Waals surface area contributed by atoms with Crippen molar-refractivity contribution in [2.75, 3.05) is 0 Å². The molecule has 0 radical (unpaired) electrons. The number of nitrogens with one attached hydrogen (secondary N) is 1. The zero-order valence-corrected chi connectivity index (χ0v) is 18.6. The third-order valence-corrected chi connectivity index (χ3v) is 3.52. The van der Waals surface area contributed by atoms with Crippen molar-refractivity contribution >= 4 is 24.2 Å². The summed E-state index contributed by atoms with van der Waals surface area (Å²) >= 11 is 0. The minimum atomic E-state index is -1.10. The van der Waals surface area contributed by atoms with E-state index in [9.17, 15) is 14.4 Å². The van der Waals surface area contributed by atoms with Crippen molar-refractivity contribution in [1.82, 2.24) is 5.32 Å². The Hall–Kier alpha value is -2.90. The summed E-state index contributed by atoms with van der Waals surface area (Å²) in [6.07, 6.45) is 0.935. The summed E-state index contributed by atoms with van der Waals surface area (Å²) in [5, 5.41) is 2.74. The van der Waals surface area contributed by atoms with Crippen molar-refractivity contribution in [3.05, 3.63) is 35.9 Å². The van der Waals surface area contributed by atoms with Crippen LogP contribution in [0.4, 0.5) is 4.79 Å². The van der Waals surface area contributed by atoms with E-state index in [0.29, 0.717) is 6.42 Å². The molecule has 0 saturated heterocycles. The average molecular weight is 420 g/mol. The predicted octanol–water partition coefficient (Wildman–Crippen LogP) is 2.78. The van der Waals surface area contributed by atoms with Gasteiger partial charge in [-0.1, -0.05) is 30.3 Å². The molecule has 0 spiro atoms. The van der Waals surface area contributed by atoms with Gasteiger partial charge in [-0.15, -0.1) is 0 Å². The molecule has 30 heavy (non-hydrogen) atoms. The van der Waals surface area contributed by atoms with Crippen LogP contribution in [0.3, 0.4) is 0 Å². The zero-order chi connectivity index (χ0) is 22.9. The number of rotatable bonds is 8. The lowest BCUT2D eigenvalue weighted by Crippen LogP contribution is -2.42. The van der Waals surface area contributed by atoms with E-state index in [1.807, 2.05) is 30.3 Å². The molecule has 8 nitrogen and oxygen atoms in total. The first-order valence-corrected chi connectivity index (χ1v) is 9.83. The molecule has 0 aliphatic rings. The highest BCUT2D eigenvalue weighted by Crippen LogP contribution is 2.12. The molecule has 166 valence electrons. The van der Waals surface area contributed by atoms with Crippen LogP contribution in [0.5, 0.6) is 0 Å². The van der Waals surface area contributed by atoms with E-state index >= 15 is 0 Å². The number of hydrogen-bond acceptors (Lipinski definition) is 6. The molecule has 1 rings (SSSR count). The highest BCUT2D eigenvalue weighted by Gasteiger charge is 2.26. The quantitative estimate of drug-likeness (QED) is 0.496. The van der Waals surface area contributed by atoms with Crippen LogP contribution in [0, 0.1) is 0 Å². The topological polar surface area (TPSA) is 120 Å². The summed E-state index contributed by atoms with van der Waals surface area (Å²) in [5.74, 6) is -1.34. The van der Waals surface area contributed by atoms with Crippen LogP contribution in [0.1, 0.15) is 53.5 Å². The standard InChI is InChI=1S/C22H33N3O5/c1-21(2,3)29-19(27)17(13-18(23)26)24-14-16(12-15-10-8-7-9-11-15)25-20(28)30-22(4,5)6/h7-11,14,16-17H,12-13H2,1-6H3,(H2,23,26)(H,25,28)/t16-,17-/m0/s1. The number of hydrogen-bond donors (Lipinski definition) is 2.